The van der Waals surface area contributed by atoms with Crippen LogP contribution in [0.2, 0.25) is 0 Å². The van der Waals surface area contributed by atoms with Gasteiger partial charge in [0, 0.05) is 6.07 Å². The summed E-state index contributed by atoms with van der Waals surface area (Å²) in [6.07, 6.45) is 1.67. The first kappa shape index (κ1) is 17.7. The highest BCUT2D eigenvalue weighted by Crippen LogP contribution is 2.33. The minimum atomic E-state index is -0.297. The van der Waals surface area contributed by atoms with Gasteiger partial charge in [0.1, 0.15) is 17.3 Å². The Bertz CT molecular complexity index is 1110. The van der Waals surface area contributed by atoms with E-state index in [0.29, 0.717) is 35.1 Å². The molecule has 0 aliphatic heterocycles. The molecule has 2 aromatic carbocycles. The molecule has 4 rings (SSSR count). The summed E-state index contributed by atoms with van der Waals surface area (Å²) >= 11 is 0. The highest BCUT2D eigenvalue weighted by Gasteiger charge is 2.17. The lowest BCUT2D eigenvalue weighted by molar-refractivity contribution is 0.391. The summed E-state index contributed by atoms with van der Waals surface area (Å²) < 4.78 is 30.8. The molecule has 0 spiro atoms. The van der Waals surface area contributed by atoms with E-state index in [1.165, 1.54) is 12.1 Å². The molecule has 8 nitrogen and oxygen atoms in total. The highest BCUT2D eigenvalue weighted by molar-refractivity contribution is 5.65. The zero-order valence-electron chi connectivity index (χ0n) is 15.2. The standard InChI is InChI=1S/C19H16FN5O3/c1-26-14-6-7-15(17(9-14)27-2)19-21-18(23-28-19)16-11-25(24-22-16)10-12-4-3-5-13(20)8-12/h3-9,11H,10H2,1-2H3. The van der Waals surface area contributed by atoms with Crippen LogP contribution in [0.15, 0.2) is 53.2 Å². The van der Waals surface area contributed by atoms with E-state index in [9.17, 15) is 4.39 Å². The van der Waals surface area contributed by atoms with Crippen molar-refractivity contribution in [2.24, 2.45) is 0 Å². The Morgan fingerprint density at radius 3 is 2.79 bits per heavy atom. The molecule has 9 heteroatoms. The molecule has 0 unspecified atom stereocenters. The number of rotatable bonds is 6. The van der Waals surface area contributed by atoms with E-state index in [1.807, 2.05) is 6.07 Å². The lowest BCUT2D eigenvalue weighted by Crippen LogP contribution is -2.00. The minimum Gasteiger partial charge on any atom is -0.497 e. The first-order valence-corrected chi connectivity index (χ1v) is 8.37. The summed E-state index contributed by atoms with van der Waals surface area (Å²) in [6, 6.07) is 11.6. The average molecular weight is 381 g/mol. The summed E-state index contributed by atoms with van der Waals surface area (Å²) in [5.74, 6) is 1.48. The summed E-state index contributed by atoms with van der Waals surface area (Å²) in [7, 11) is 3.12. The molecular formula is C19H16FN5O3. The van der Waals surface area contributed by atoms with Crippen LogP contribution in [0.5, 0.6) is 11.5 Å². The van der Waals surface area contributed by atoms with Crippen molar-refractivity contribution in [3.05, 3.63) is 60.0 Å². The lowest BCUT2D eigenvalue weighted by atomic mass is 10.2. The van der Waals surface area contributed by atoms with Crippen LogP contribution in [0.1, 0.15) is 5.56 Å². The van der Waals surface area contributed by atoms with Gasteiger partial charge in [-0.1, -0.05) is 22.5 Å². The number of nitrogens with zero attached hydrogens (tertiary/aromatic N) is 5. The molecule has 4 aromatic rings. The van der Waals surface area contributed by atoms with Gasteiger partial charge in [-0.3, -0.25) is 0 Å². The van der Waals surface area contributed by atoms with Gasteiger partial charge in [0.05, 0.1) is 32.5 Å². The van der Waals surface area contributed by atoms with Gasteiger partial charge in [0.15, 0.2) is 5.69 Å². The van der Waals surface area contributed by atoms with Crippen molar-refractivity contribution < 1.29 is 18.4 Å². The molecule has 0 N–H and O–H groups in total. The smallest absolute Gasteiger partial charge is 0.262 e. The molecule has 0 saturated heterocycles. The van der Waals surface area contributed by atoms with Crippen molar-refractivity contribution in [2.75, 3.05) is 14.2 Å². The third kappa shape index (κ3) is 3.54. The van der Waals surface area contributed by atoms with Crippen LogP contribution in [0.3, 0.4) is 0 Å². The summed E-state index contributed by atoms with van der Waals surface area (Å²) in [6.45, 7) is 0.377. The van der Waals surface area contributed by atoms with Crippen LogP contribution >= 0.6 is 0 Å². The predicted octanol–water partition coefficient (Wildman–Crippen LogP) is 3.20. The third-order valence-electron chi connectivity index (χ3n) is 4.07. The number of hydrogen-bond acceptors (Lipinski definition) is 7. The van der Waals surface area contributed by atoms with E-state index >= 15 is 0 Å². The molecule has 142 valence electrons. The SMILES string of the molecule is COc1ccc(-c2nc(-c3cn(Cc4cccc(F)c4)nn3)no2)c(OC)c1. The minimum absolute atomic E-state index is 0.286. The van der Waals surface area contributed by atoms with Gasteiger partial charge in [-0.25, -0.2) is 9.07 Å². The molecule has 0 aliphatic rings. The number of methoxy groups -OCH3 is 2. The van der Waals surface area contributed by atoms with E-state index in [4.69, 9.17) is 14.0 Å². The molecule has 0 aliphatic carbocycles. The molecule has 2 heterocycles. The second-order valence-corrected chi connectivity index (χ2v) is 5.92. The van der Waals surface area contributed by atoms with E-state index in [-0.39, 0.29) is 11.7 Å². The maximum Gasteiger partial charge on any atom is 0.262 e. The van der Waals surface area contributed by atoms with E-state index in [1.54, 1.807) is 49.4 Å². The van der Waals surface area contributed by atoms with E-state index in [2.05, 4.69) is 20.5 Å². The molecule has 28 heavy (non-hydrogen) atoms. The van der Waals surface area contributed by atoms with Crippen LogP contribution in [0.25, 0.3) is 23.0 Å². The molecule has 0 radical (unpaired) electrons. The first-order valence-electron chi connectivity index (χ1n) is 8.37. The van der Waals surface area contributed by atoms with Gasteiger partial charge in [-0.2, -0.15) is 4.98 Å². The third-order valence-corrected chi connectivity index (χ3v) is 4.07. The Morgan fingerprint density at radius 2 is 2.00 bits per heavy atom. The normalized spacial score (nSPS) is 10.8. The van der Waals surface area contributed by atoms with Gasteiger partial charge in [-0.05, 0) is 29.8 Å². The van der Waals surface area contributed by atoms with Crippen LogP contribution in [-0.4, -0.2) is 39.4 Å². The van der Waals surface area contributed by atoms with Crippen molar-refractivity contribution >= 4 is 0 Å². The molecule has 0 saturated carbocycles. The molecule has 0 amide bonds. The zero-order valence-corrected chi connectivity index (χ0v) is 15.2. The van der Waals surface area contributed by atoms with Gasteiger partial charge in [0.25, 0.3) is 5.89 Å². The predicted molar refractivity (Wildman–Crippen MR) is 97.4 cm³/mol. The lowest BCUT2D eigenvalue weighted by Gasteiger charge is -2.06. The fourth-order valence-corrected chi connectivity index (χ4v) is 2.71. The van der Waals surface area contributed by atoms with Crippen molar-refractivity contribution in [2.45, 2.75) is 6.54 Å². The van der Waals surface area contributed by atoms with Gasteiger partial charge < -0.3 is 14.0 Å². The van der Waals surface area contributed by atoms with Crippen molar-refractivity contribution in [1.29, 1.82) is 0 Å². The van der Waals surface area contributed by atoms with Crippen molar-refractivity contribution in [1.82, 2.24) is 25.1 Å². The Morgan fingerprint density at radius 1 is 1.11 bits per heavy atom. The molecular weight excluding hydrogens is 365 g/mol. The highest BCUT2D eigenvalue weighted by atomic mass is 19.1. The Labute approximate surface area is 159 Å². The van der Waals surface area contributed by atoms with Crippen LogP contribution in [-0.2, 0) is 6.54 Å². The summed E-state index contributed by atoms with van der Waals surface area (Å²) in [5.41, 5.74) is 1.85. The summed E-state index contributed by atoms with van der Waals surface area (Å²) in [4.78, 5) is 4.37. The van der Waals surface area contributed by atoms with Crippen molar-refractivity contribution in [3.63, 3.8) is 0 Å². The van der Waals surface area contributed by atoms with Crippen LogP contribution in [0, 0.1) is 5.82 Å². The largest absolute Gasteiger partial charge is 0.497 e. The number of ether oxygens (including phenoxy) is 2. The van der Waals surface area contributed by atoms with Crippen LogP contribution < -0.4 is 9.47 Å². The topological polar surface area (TPSA) is 88.1 Å². The molecule has 0 fully saturated rings. The monoisotopic (exact) mass is 381 g/mol. The number of aromatic nitrogens is 5. The Kier molecular flexibility index (Phi) is 4.71. The number of hydrogen-bond donors (Lipinski definition) is 0. The zero-order chi connectivity index (χ0) is 19.5. The molecule has 0 bridgehead atoms. The Hall–Kier alpha value is -3.75. The number of halogens is 1. The molecule has 2 aromatic heterocycles. The fourth-order valence-electron chi connectivity index (χ4n) is 2.71. The Balaban J connectivity index is 1.58. The van der Waals surface area contributed by atoms with Gasteiger partial charge >= 0.3 is 0 Å². The maximum absolute atomic E-state index is 13.3. The fraction of sp³-hybridized carbons (Fsp3) is 0.158. The van der Waals surface area contributed by atoms with Crippen molar-refractivity contribution in [3.8, 4) is 34.5 Å². The number of benzene rings is 2. The van der Waals surface area contributed by atoms with Gasteiger partial charge in [0.2, 0.25) is 5.82 Å². The average Bonchev–Trinajstić information content (AvgIpc) is 3.37. The quantitative estimate of drug-likeness (QED) is 0.507. The van der Waals surface area contributed by atoms with E-state index in [0.717, 1.165) is 5.56 Å². The van der Waals surface area contributed by atoms with Crippen LogP contribution in [0.4, 0.5) is 4.39 Å². The summed E-state index contributed by atoms with van der Waals surface area (Å²) in [5, 5.41) is 12.1. The second kappa shape index (κ2) is 7.47. The van der Waals surface area contributed by atoms with E-state index < -0.39 is 0 Å². The maximum atomic E-state index is 13.3. The first-order chi connectivity index (χ1) is 13.7. The molecule has 0 atom stereocenters. The second-order valence-electron chi connectivity index (χ2n) is 5.92. The van der Waals surface area contributed by atoms with Gasteiger partial charge in [-0.15, -0.1) is 5.10 Å².